The first-order valence-electron chi connectivity index (χ1n) is 5.46. The van der Waals surface area contributed by atoms with Crippen molar-refractivity contribution in [2.75, 3.05) is 0 Å². The van der Waals surface area contributed by atoms with E-state index in [1.165, 1.54) is 18.6 Å². The van der Waals surface area contributed by atoms with Gasteiger partial charge in [0.2, 0.25) is 0 Å². The van der Waals surface area contributed by atoms with Gasteiger partial charge in [0.15, 0.2) is 0 Å². The van der Waals surface area contributed by atoms with Crippen LogP contribution in [0.15, 0.2) is 32.6 Å². The van der Waals surface area contributed by atoms with Gasteiger partial charge in [-0.05, 0) is 20.8 Å². The van der Waals surface area contributed by atoms with Crippen LogP contribution in [0.3, 0.4) is 0 Å². The maximum absolute atomic E-state index is 11.9. The Kier molecular flexibility index (Phi) is 4.42. The molecule has 18 heavy (non-hydrogen) atoms. The fourth-order valence-corrected chi connectivity index (χ4v) is 1.42. The third kappa shape index (κ3) is 2.32. The molecule has 0 spiro atoms. The van der Waals surface area contributed by atoms with Crippen molar-refractivity contribution < 1.29 is 0 Å². The molecule has 0 amide bonds. The lowest BCUT2D eigenvalue weighted by Crippen LogP contribution is -2.50. The van der Waals surface area contributed by atoms with Crippen LogP contribution in [0.2, 0.25) is 0 Å². The molecule has 0 aliphatic rings. The number of hydrogen-bond donors (Lipinski definition) is 0. The zero-order valence-corrected chi connectivity index (χ0v) is 10.5. The van der Waals surface area contributed by atoms with Gasteiger partial charge in [-0.25, -0.2) is 28.1 Å². The molecular formula is C12H15N3O3. The molecule has 1 heterocycles. The highest BCUT2D eigenvalue weighted by Gasteiger charge is 2.10. The monoisotopic (exact) mass is 249 g/mol. The minimum Gasteiger partial charge on any atom is -0.247 e. The van der Waals surface area contributed by atoms with Crippen LogP contribution in [0.25, 0.3) is 18.6 Å². The number of nitrogens with zero attached hydrogens (tertiary/aromatic N) is 3. The third-order valence-corrected chi connectivity index (χ3v) is 2.13. The second-order valence-electron chi connectivity index (χ2n) is 3.40. The zero-order valence-electron chi connectivity index (χ0n) is 10.5. The van der Waals surface area contributed by atoms with Gasteiger partial charge in [-0.1, -0.05) is 18.2 Å². The molecule has 0 saturated heterocycles. The summed E-state index contributed by atoms with van der Waals surface area (Å²) >= 11 is 0. The van der Waals surface area contributed by atoms with E-state index in [1.807, 2.05) is 0 Å². The van der Waals surface area contributed by atoms with Crippen molar-refractivity contribution >= 4 is 18.6 Å². The predicted molar refractivity (Wildman–Crippen MR) is 72.2 cm³/mol. The average Bonchev–Trinajstić information content (AvgIpc) is 2.35. The maximum atomic E-state index is 11.9. The molecule has 1 aromatic heterocycles. The van der Waals surface area contributed by atoms with Gasteiger partial charge in [-0.15, -0.1) is 0 Å². The first kappa shape index (κ1) is 13.7. The highest BCUT2D eigenvalue weighted by atomic mass is 16.2. The van der Waals surface area contributed by atoms with E-state index in [9.17, 15) is 14.4 Å². The van der Waals surface area contributed by atoms with Crippen LogP contribution in [0.4, 0.5) is 0 Å². The van der Waals surface area contributed by atoms with Gasteiger partial charge in [0.05, 0.1) is 0 Å². The standard InChI is InChI=1S/C12H15N3O3/c1-4-7-13-10(16)14(8-5-2)12(18)15(9-6-3)11(13)17/h4-9H,1-3H3/b7-4+,8-5+,9-6+. The summed E-state index contributed by atoms with van der Waals surface area (Å²) in [6, 6.07) is 0. The SMILES string of the molecule is C/C=C/n1c(=O)n(/C=C/C)c(=O)n(/C=C/C)c1=O. The molecule has 0 fully saturated rings. The van der Waals surface area contributed by atoms with Gasteiger partial charge >= 0.3 is 17.1 Å². The second-order valence-corrected chi connectivity index (χ2v) is 3.40. The van der Waals surface area contributed by atoms with Crippen molar-refractivity contribution in [2.24, 2.45) is 0 Å². The molecule has 0 atom stereocenters. The van der Waals surface area contributed by atoms with Gasteiger partial charge < -0.3 is 0 Å². The number of aromatic nitrogens is 3. The van der Waals surface area contributed by atoms with E-state index < -0.39 is 17.1 Å². The molecule has 6 nitrogen and oxygen atoms in total. The molecule has 0 bridgehead atoms. The van der Waals surface area contributed by atoms with Crippen LogP contribution < -0.4 is 17.1 Å². The van der Waals surface area contributed by atoms with Gasteiger partial charge in [0.1, 0.15) is 0 Å². The molecule has 0 aliphatic carbocycles. The Bertz CT molecular complexity index is 558. The summed E-state index contributed by atoms with van der Waals surface area (Å²) in [5.74, 6) is 0. The first-order chi connectivity index (χ1) is 8.58. The Balaban J connectivity index is 3.94. The largest absolute Gasteiger partial charge is 0.344 e. The van der Waals surface area contributed by atoms with E-state index in [0.29, 0.717) is 0 Å². The van der Waals surface area contributed by atoms with Crippen molar-refractivity contribution in [3.63, 3.8) is 0 Å². The van der Waals surface area contributed by atoms with Crippen molar-refractivity contribution in [3.8, 4) is 0 Å². The predicted octanol–water partition coefficient (Wildman–Crippen LogP) is 0.643. The quantitative estimate of drug-likeness (QED) is 0.789. The van der Waals surface area contributed by atoms with Crippen molar-refractivity contribution in [1.82, 2.24) is 13.7 Å². The Hall–Kier alpha value is -2.37. The lowest BCUT2D eigenvalue weighted by Gasteiger charge is -2.05. The highest BCUT2D eigenvalue weighted by molar-refractivity contribution is 5.28. The summed E-state index contributed by atoms with van der Waals surface area (Å²) in [5, 5.41) is 0. The van der Waals surface area contributed by atoms with Gasteiger partial charge in [-0.3, -0.25) is 0 Å². The normalized spacial score (nSPS) is 12.2. The number of allylic oxidation sites excluding steroid dienone is 3. The molecule has 6 heteroatoms. The van der Waals surface area contributed by atoms with Crippen molar-refractivity contribution in [2.45, 2.75) is 20.8 Å². The van der Waals surface area contributed by atoms with E-state index in [2.05, 4.69) is 0 Å². The lowest BCUT2D eigenvalue weighted by atomic mass is 10.6. The van der Waals surface area contributed by atoms with Crippen LogP contribution in [-0.4, -0.2) is 13.7 Å². The summed E-state index contributed by atoms with van der Waals surface area (Å²) in [6.07, 6.45) is 8.62. The van der Waals surface area contributed by atoms with Gasteiger partial charge in [0.25, 0.3) is 0 Å². The van der Waals surface area contributed by atoms with Gasteiger partial charge in [-0.2, -0.15) is 0 Å². The molecule has 0 N–H and O–H groups in total. The highest BCUT2D eigenvalue weighted by Crippen LogP contribution is 1.81. The van der Waals surface area contributed by atoms with Crippen LogP contribution in [0.5, 0.6) is 0 Å². The molecule has 0 radical (unpaired) electrons. The van der Waals surface area contributed by atoms with Crippen LogP contribution in [0, 0.1) is 0 Å². The molecule has 0 aliphatic heterocycles. The summed E-state index contributed by atoms with van der Waals surface area (Å²) in [6.45, 7) is 5.03. The van der Waals surface area contributed by atoms with E-state index in [-0.39, 0.29) is 0 Å². The summed E-state index contributed by atoms with van der Waals surface area (Å²) in [4.78, 5) is 35.8. The molecule has 0 aromatic carbocycles. The van der Waals surface area contributed by atoms with Crippen LogP contribution in [0.1, 0.15) is 20.8 Å². The Morgan fingerprint density at radius 2 is 0.833 bits per heavy atom. The summed E-state index contributed by atoms with van der Waals surface area (Å²) in [7, 11) is 0. The summed E-state index contributed by atoms with van der Waals surface area (Å²) < 4.78 is 2.63. The molecule has 0 saturated carbocycles. The van der Waals surface area contributed by atoms with Crippen molar-refractivity contribution in [1.29, 1.82) is 0 Å². The van der Waals surface area contributed by atoms with E-state index in [4.69, 9.17) is 0 Å². The molecular weight excluding hydrogens is 234 g/mol. The molecule has 96 valence electrons. The van der Waals surface area contributed by atoms with Gasteiger partial charge in [0, 0.05) is 18.6 Å². The molecule has 1 aromatic rings. The van der Waals surface area contributed by atoms with E-state index in [1.54, 1.807) is 39.0 Å². The summed E-state index contributed by atoms with van der Waals surface area (Å²) in [5.41, 5.74) is -2.08. The smallest absolute Gasteiger partial charge is 0.247 e. The third-order valence-electron chi connectivity index (χ3n) is 2.13. The Labute approximate surface area is 103 Å². The zero-order chi connectivity index (χ0) is 13.7. The Morgan fingerprint density at radius 3 is 1.00 bits per heavy atom. The van der Waals surface area contributed by atoms with Crippen LogP contribution in [-0.2, 0) is 0 Å². The fraction of sp³-hybridized carbons (Fsp3) is 0.250. The second kappa shape index (κ2) is 5.81. The minimum absolute atomic E-state index is 0.693. The minimum atomic E-state index is -0.693. The van der Waals surface area contributed by atoms with Crippen molar-refractivity contribution in [3.05, 3.63) is 49.7 Å². The average molecular weight is 249 g/mol. The lowest BCUT2D eigenvalue weighted by molar-refractivity contribution is 0.708. The van der Waals surface area contributed by atoms with E-state index >= 15 is 0 Å². The van der Waals surface area contributed by atoms with Crippen LogP contribution >= 0.6 is 0 Å². The first-order valence-corrected chi connectivity index (χ1v) is 5.46. The Morgan fingerprint density at radius 1 is 0.611 bits per heavy atom. The molecule has 0 unspecified atom stereocenters. The van der Waals surface area contributed by atoms with E-state index in [0.717, 1.165) is 13.7 Å². The topological polar surface area (TPSA) is 66.0 Å². The maximum Gasteiger partial charge on any atom is 0.344 e. The molecule has 1 rings (SSSR count). The fourth-order valence-electron chi connectivity index (χ4n) is 1.42. The number of hydrogen-bond acceptors (Lipinski definition) is 3. The number of rotatable bonds is 3.